The van der Waals surface area contributed by atoms with Gasteiger partial charge in [-0.3, -0.25) is 10.1 Å². The quantitative estimate of drug-likeness (QED) is 0.113. The monoisotopic (exact) mass is 486 g/mol. The molecule has 1 aromatic heterocycles. The van der Waals surface area contributed by atoms with E-state index < -0.39 is 17.0 Å². The van der Waals surface area contributed by atoms with Crippen LogP contribution in [0.1, 0.15) is 46.2 Å². The molecular formula is C21H34N4O7S. The van der Waals surface area contributed by atoms with E-state index in [9.17, 15) is 15.2 Å². The molecule has 1 aliphatic carbocycles. The molecule has 1 aromatic rings. The third-order valence-electron chi connectivity index (χ3n) is 5.48. The normalized spacial score (nSPS) is 26.8. The van der Waals surface area contributed by atoms with E-state index in [0.717, 1.165) is 12.2 Å². The van der Waals surface area contributed by atoms with Crippen LogP contribution in [0.25, 0.3) is 0 Å². The summed E-state index contributed by atoms with van der Waals surface area (Å²) in [5, 5.41) is 24.7. The van der Waals surface area contributed by atoms with E-state index >= 15 is 0 Å². The van der Waals surface area contributed by atoms with Crippen molar-refractivity contribution in [2.45, 2.75) is 82.9 Å². The molecule has 0 radical (unpaired) electrons. The molecule has 0 bridgehead atoms. The van der Waals surface area contributed by atoms with Gasteiger partial charge in [-0.15, -0.1) is 0 Å². The Morgan fingerprint density at radius 3 is 2.73 bits per heavy atom. The number of aliphatic hydroxyl groups excluding tert-OH is 1. The van der Waals surface area contributed by atoms with Crippen LogP contribution in [0.3, 0.4) is 0 Å². The molecule has 3 rings (SSSR count). The highest BCUT2D eigenvalue weighted by molar-refractivity contribution is 7.99. The van der Waals surface area contributed by atoms with Crippen LogP contribution in [0.15, 0.2) is 5.16 Å². The molecule has 0 spiro atoms. The summed E-state index contributed by atoms with van der Waals surface area (Å²) in [6.45, 7) is 9.99. The van der Waals surface area contributed by atoms with Gasteiger partial charge in [0.25, 0.3) is 0 Å². The maximum atomic E-state index is 11.8. The van der Waals surface area contributed by atoms with Crippen LogP contribution in [0.5, 0.6) is 0 Å². The maximum Gasteiger partial charge on any atom is 0.332 e. The molecule has 12 heteroatoms. The minimum absolute atomic E-state index is 0.0248. The van der Waals surface area contributed by atoms with Gasteiger partial charge in [0.2, 0.25) is 5.82 Å². The number of fused-ring (bicyclic) bond motifs is 1. The van der Waals surface area contributed by atoms with Gasteiger partial charge in [-0.2, -0.15) is 4.98 Å². The number of thioether (sulfide) groups is 1. The van der Waals surface area contributed by atoms with E-state index in [1.807, 2.05) is 13.8 Å². The summed E-state index contributed by atoms with van der Waals surface area (Å²) in [4.78, 5) is 20.1. The van der Waals surface area contributed by atoms with Gasteiger partial charge >= 0.3 is 5.69 Å². The number of nitrogens with one attached hydrogen (secondary N) is 1. The molecule has 1 unspecified atom stereocenters. The zero-order chi connectivity index (χ0) is 24.2. The molecule has 1 aliphatic heterocycles. The fourth-order valence-electron chi connectivity index (χ4n) is 4.20. The molecule has 0 amide bonds. The van der Waals surface area contributed by atoms with Crippen LogP contribution in [-0.4, -0.2) is 75.9 Å². The van der Waals surface area contributed by atoms with E-state index in [2.05, 4.69) is 22.2 Å². The second-order valence-corrected chi connectivity index (χ2v) is 9.81. The Bertz CT molecular complexity index is 826. The van der Waals surface area contributed by atoms with Gasteiger partial charge < -0.3 is 29.4 Å². The van der Waals surface area contributed by atoms with Gasteiger partial charge in [0.1, 0.15) is 11.8 Å². The van der Waals surface area contributed by atoms with Crippen molar-refractivity contribution in [2.75, 3.05) is 30.9 Å². The van der Waals surface area contributed by atoms with E-state index in [-0.39, 0.29) is 42.3 Å². The van der Waals surface area contributed by atoms with Crippen molar-refractivity contribution in [2.24, 2.45) is 5.92 Å². The lowest BCUT2D eigenvalue weighted by molar-refractivity contribution is -0.385. The Hall–Kier alpha value is -1.57. The number of aromatic nitrogens is 2. The zero-order valence-corrected chi connectivity index (χ0v) is 20.6. The lowest BCUT2D eigenvalue weighted by Gasteiger charge is -2.24. The smallest absolute Gasteiger partial charge is 0.332 e. The second-order valence-electron chi connectivity index (χ2n) is 8.75. The topological polar surface area (TPSA) is 138 Å². The first kappa shape index (κ1) is 26.0. The molecule has 33 heavy (non-hydrogen) atoms. The second kappa shape index (κ2) is 11.2. The van der Waals surface area contributed by atoms with Gasteiger partial charge in [-0.1, -0.05) is 18.7 Å². The first-order valence-corrected chi connectivity index (χ1v) is 12.2. The highest BCUT2D eigenvalue weighted by Crippen LogP contribution is 2.43. The van der Waals surface area contributed by atoms with Crippen molar-refractivity contribution in [3.8, 4) is 0 Å². The number of aliphatic hydroxyl groups is 1. The average molecular weight is 487 g/mol. The van der Waals surface area contributed by atoms with Gasteiger partial charge in [-0.05, 0) is 40.5 Å². The van der Waals surface area contributed by atoms with Crippen molar-refractivity contribution in [3.63, 3.8) is 0 Å². The standard InChI is InChI=1S/C21H34N4O7S/c1-6-9-33-20-22-12(2)16(25(27)28)19(24-20)23-15-10-14(11-29-7-8-30-13(3)26)17-18(15)32-21(4,5)31-17/h13-15,17-18,26H,6-11H2,1-5H3,(H,22,23,24)/t13?,14-,15-,17-,18+/m1/s1. The first-order chi connectivity index (χ1) is 15.6. The van der Waals surface area contributed by atoms with Gasteiger partial charge in [0, 0.05) is 11.7 Å². The Morgan fingerprint density at radius 1 is 1.33 bits per heavy atom. The molecule has 2 fully saturated rings. The zero-order valence-electron chi connectivity index (χ0n) is 19.8. The predicted molar refractivity (Wildman–Crippen MR) is 122 cm³/mol. The van der Waals surface area contributed by atoms with E-state index in [0.29, 0.717) is 30.5 Å². The highest BCUT2D eigenvalue weighted by Gasteiger charge is 2.54. The minimum atomic E-state index is -0.835. The SMILES string of the molecule is CCCSc1nc(C)c([N+](=O)[O-])c(N[C@@H]2C[C@H](COCCOC(C)O)[C@H]3OC(C)(C)O[C@H]32)n1. The van der Waals surface area contributed by atoms with Crippen LogP contribution in [-0.2, 0) is 18.9 Å². The summed E-state index contributed by atoms with van der Waals surface area (Å²) in [6.07, 6.45) is 0.233. The van der Waals surface area contributed by atoms with Crippen LogP contribution >= 0.6 is 11.8 Å². The molecule has 2 N–H and O–H groups in total. The van der Waals surface area contributed by atoms with Crippen molar-refractivity contribution < 1.29 is 29.0 Å². The summed E-state index contributed by atoms with van der Waals surface area (Å²) < 4.78 is 23.1. The third kappa shape index (κ3) is 6.74. The molecule has 186 valence electrons. The Kier molecular flexibility index (Phi) is 8.87. The number of nitro groups is 1. The van der Waals surface area contributed by atoms with Crippen molar-refractivity contribution >= 4 is 23.3 Å². The number of anilines is 1. The molecule has 0 aromatic carbocycles. The predicted octanol–water partition coefficient (Wildman–Crippen LogP) is 2.89. The lowest BCUT2D eigenvalue weighted by Crippen LogP contribution is -2.35. The fourth-order valence-corrected chi connectivity index (χ4v) is 4.94. The molecular weight excluding hydrogens is 452 g/mol. The van der Waals surface area contributed by atoms with Crippen LogP contribution in [0.4, 0.5) is 11.5 Å². The average Bonchev–Trinajstić information content (AvgIpc) is 3.19. The number of hydrogen-bond donors (Lipinski definition) is 2. The van der Waals surface area contributed by atoms with E-state index in [1.54, 1.807) is 13.8 Å². The van der Waals surface area contributed by atoms with Crippen LogP contribution in [0, 0.1) is 23.0 Å². The highest BCUT2D eigenvalue weighted by atomic mass is 32.2. The number of hydrogen-bond acceptors (Lipinski definition) is 11. The fraction of sp³-hybridized carbons (Fsp3) is 0.810. The number of aryl methyl sites for hydroxylation is 1. The summed E-state index contributed by atoms with van der Waals surface area (Å²) >= 11 is 1.47. The largest absolute Gasteiger partial charge is 0.379 e. The Labute approximate surface area is 198 Å². The van der Waals surface area contributed by atoms with Crippen molar-refractivity contribution in [1.29, 1.82) is 0 Å². The third-order valence-corrected chi connectivity index (χ3v) is 6.53. The van der Waals surface area contributed by atoms with Crippen molar-refractivity contribution in [1.82, 2.24) is 9.97 Å². The Morgan fingerprint density at radius 2 is 2.06 bits per heavy atom. The van der Waals surface area contributed by atoms with Gasteiger partial charge in [0.15, 0.2) is 17.2 Å². The maximum absolute atomic E-state index is 11.8. The Balaban J connectivity index is 1.75. The summed E-state index contributed by atoms with van der Waals surface area (Å²) in [5.41, 5.74) is 0.202. The molecule has 2 aliphatic rings. The number of nitrogens with zero attached hydrogens (tertiary/aromatic N) is 3. The van der Waals surface area contributed by atoms with E-state index in [1.165, 1.54) is 11.8 Å². The minimum Gasteiger partial charge on any atom is -0.379 e. The van der Waals surface area contributed by atoms with Crippen molar-refractivity contribution in [3.05, 3.63) is 15.8 Å². The van der Waals surface area contributed by atoms with Gasteiger partial charge in [-0.25, -0.2) is 4.98 Å². The first-order valence-electron chi connectivity index (χ1n) is 11.3. The lowest BCUT2D eigenvalue weighted by atomic mass is 10.1. The summed E-state index contributed by atoms with van der Waals surface area (Å²) in [7, 11) is 0. The van der Waals surface area contributed by atoms with Gasteiger partial charge in [0.05, 0.1) is 36.9 Å². The summed E-state index contributed by atoms with van der Waals surface area (Å²) in [5.74, 6) is 0.291. The summed E-state index contributed by atoms with van der Waals surface area (Å²) in [6, 6.07) is -0.240. The molecule has 2 heterocycles. The van der Waals surface area contributed by atoms with E-state index in [4.69, 9.17) is 18.9 Å². The number of rotatable bonds is 12. The number of ether oxygens (including phenoxy) is 4. The molecule has 5 atom stereocenters. The van der Waals surface area contributed by atoms with Crippen LogP contribution < -0.4 is 5.32 Å². The van der Waals surface area contributed by atoms with Crippen LogP contribution in [0.2, 0.25) is 0 Å². The molecule has 1 saturated heterocycles. The molecule has 11 nitrogen and oxygen atoms in total. The molecule has 1 saturated carbocycles.